The predicted octanol–water partition coefficient (Wildman–Crippen LogP) is 3.20. The third-order valence-corrected chi connectivity index (χ3v) is 4.99. The molecule has 0 amide bonds. The first kappa shape index (κ1) is 23.5. The highest BCUT2D eigenvalue weighted by Crippen LogP contribution is 2.35. The zero-order valence-electron chi connectivity index (χ0n) is 16.7. The van der Waals surface area contributed by atoms with Crippen LogP contribution in [0.5, 0.6) is 11.5 Å². The van der Waals surface area contributed by atoms with Gasteiger partial charge in [-0.3, -0.25) is 0 Å². The number of methoxy groups -OCH3 is 2. The molecule has 2 aromatic carbocycles. The molecular formula is C20H27N3O4S. The average Bonchev–Trinajstić information content (AvgIpc) is 2.66. The van der Waals surface area contributed by atoms with E-state index in [4.69, 9.17) is 9.47 Å². The minimum atomic E-state index is 0. The van der Waals surface area contributed by atoms with E-state index in [0.717, 1.165) is 16.7 Å². The molecule has 0 aliphatic carbocycles. The highest BCUT2D eigenvalue weighted by molar-refractivity contribution is 7.98. The monoisotopic (exact) mass is 405 g/mol. The van der Waals surface area contributed by atoms with E-state index in [9.17, 15) is 0 Å². The summed E-state index contributed by atoms with van der Waals surface area (Å²) in [6.07, 6.45) is 2.08. The third-order valence-electron chi connectivity index (χ3n) is 4.26. The second-order valence-corrected chi connectivity index (χ2v) is 6.87. The summed E-state index contributed by atoms with van der Waals surface area (Å²) in [4.78, 5) is 10.4. The van der Waals surface area contributed by atoms with Gasteiger partial charge in [0.25, 0.3) is 0 Å². The van der Waals surface area contributed by atoms with Gasteiger partial charge in [0.2, 0.25) is 0 Å². The highest BCUT2D eigenvalue weighted by Gasteiger charge is 2.14. The van der Waals surface area contributed by atoms with Gasteiger partial charge < -0.3 is 25.7 Å². The molecule has 0 spiro atoms. The number of hydrogen-bond acceptors (Lipinski definition) is 6. The summed E-state index contributed by atoms with van der Waals surface area (Å²) in [5.41, 5.74) is 2.03. The Morgan fingerprint density at radius 2 is 1.68 bits per heavy atom. The molecule has 152 valence electrons. The minimum Gasteiger partial charge on any atom is -0.493 e. The molecule has 0 saturated carbocycles. The molecule has 0 saturated heterocycles. The van der Waals surface area contributed by atoms with Crippen molar-refractivity contribution in [1.29, 1.82) is 0 Å². The smallest absolute Gasteiger partial charge is 0.162 e. The van der Waals surface area contributed by atoms with E-state index < -0.39 is 0 Å². The first-order valence-corrected chi connectivity index (χ1v) is 9.59. The Bertz CT molecular complexity index is 937. The standard InChI is InChI=1S/C20H23N3O2S.2H2O/c1-12(14-7-6-8-15(9-14)26-5)21-20-16-10-18(24-3)19(25-4)11-17(16)22-13(2)23-20;;/h6-12H,1-5H3,(H,21,22,23);2*1H2/t12-;;/m1../s1. The number of hydrogen-bond donors (Lipinski definition) is 1. The maximum atomic E-state index is 5.44. The Morgan fingerprint density at radius 1 is 1.00 bits per heavy atom. The number of thioether (sulfide) groups is 1. The first-order valence-electron chi connectivity index (χ1n) is 8.36. The lowest BCUT2D eigenvalue weighted by atomic mass is 10.1. The second-order valence-electron chi connectivity index (χ2n) is 5.99. The molecule has 0 unspecified atom stereocenters. The Labute approximate surface area is 169 Å². The summed E-state index contributed by atoms with van der Waals surface area (Å²) in [5.74, 6) is 2.81. The van der Waals surface area contributed by atoms with Crippen molar-refractivity contribution in [3.63, 3.8) is 0 Å². The first-order chi connectivity index (χ1) is 12.5. The topological polar surface area (TPSA) is 119 Å². The van der Waals surface area contributed by atoms with Crippen LogP contribution in [0.2, 0.25) is 0 Å². The molecule has 1 heterocycles. The third kappa shape index (κ3) is 4.83. The summed E-state index contributed by atoms with van der Waals surface area (Å²) >= 11 is 1.74. The summed E-state index contributed by atoms with van der Waals surface area (Å²) < 4.78 is 10.8. The molecule has 3 aromatic rings. The SMILES string of the molecule is COc1cc2nc(C)nc(N[C@H](C)c3cccc(SC)c3)c2cc1OC.O.O. The summed E-state index contributed by atoms with van der Waals surface area (Å²) in [6, 6.07) is 12.4. The molecule has 5 N–H and O–H groups in total. The van der Waals surface area contributed by atoms with Gasteiger partial charge in [-0.2, -0.15) is 0 Å². The largest absolute Gasteiger partial charge is 0.493 e. The normalized spacial score (nSPS) is 11.2. The molecule has 0 radical (unpaired) electrons. The molecule has 1 atom stereocenters. The van der Waals surface area contributed by atoms with E-state index in [0.29, 0.717) is 17.3 Å². The van der Waals surface area contributed by atoms with Crippen LogP contribution in [-0.4, -0.2) is 41.4 Å². The van der Waals surface area contributed by atoms with Crippen LogP contribution in [0.1, 0.15) is 24.4 Å². The van der Waals surface area contributed by atoms with Crippen LogP contribution in [-0.2, 0) is 0 Å². The molecule has 0 fully saturated rings. The molecular weight excluding hydrogens is 378 g/mol. The van der Waals surface area contributed by atoms with Gasteiger partial charge in [0.05, 0.1) is 25.8 Å². The van der Waals surface area contributed by atoms with Crippen molar-refractivity contribution in [3.05, 3.63) is 47.8 Å². The number of ether oxygens (including phenoxy) is 2. The van der Waals surface area contributed by atoms with Crippen molar-refractivity contribution in [2.75, 3.05) is 25.8 Å². The van der Waals surface area contributed by atoms with E-state index in [1.54, 1.807) is 26.0 Å². The van der Waals surface area contributed by atoms with Crippen molar-refractivity contribution in [2.24, 2.45) is 0 Å². The fourth-order valence-electron chi connectivity index (χ4n) is 2.88. The maximum absolute atomic E-state index is 5.44. The number of benzene rings is 2. The molecule has 3 rings (SSSR count). The van der Waals surface area contributed by atoms with E-state index in [2.05, 4.69) is 52.7 Å². The van der Waals surface area contributed by atoms with Gasteiger partial charge in [-0.1, -0.05) is 12.1 Å². The van der Waals surface area contributed by atoms with Crippen LogP contribution in [0.25, 0.3) is 10.9 Å². The fourth-order valence-corrected chi connectivity index (χ4v) is 3.35. The molecule has 0 bridgehead atoms. The number of aromatic nitrogens is 2. The molecule has 0 aliphatic heterocycles. The maximum Gasteiger partial charge on any atom is 0.162 e. The Balaban J connectivity index is 0.00000196. The van der Waals surface area contributed by atoms with Gasteiger partial charge in [-0.25, -0.2) is 9.97 Å². The second kappa shape index (κ2) is 10.1. The van der Waals surface area contributed by atoms with Crippen molar-refractivity contribution in [3.8, 4) is 11.5 Å². The van der Waals surface area contributed by atoms with Gasteiger partial charge in [0.1, 0.15) is 11.6 Å². The van der Waals surface area contributed by atoms with Crippen LogP contribution in [0.4, 0.5) is 5.82 Å². The minimum absolute atomic E-state index is 0. The summed E-state index contributed by atoms with van der Waals surface area (Å²) in [6.45, 7) is 4.02. The van der Waals surface area contributed by atoms with Crippen molar-refractivity contribution in [2.45, 2.75) is 24.8 Å². The van der Waals surface area contributed by atoms with Crippen molar-refractivity contribution in [1.82, 2.24) is 9.97 Å². The van der Waals surface area contributed by atoms with E-state index >= 15 is 0 Å². The Kier molecular flexibility index (Phi) is 8.49. The van der Waals surface area contributed by atoms with E-state index in [-0.39, 0.29) is 17.0 Å². The zero-order valence-corrected chi connectivity index (χ0v) is 17.5. The van der Waals surface area contributed by atoms with Crippen molar-refractivity contribution < 1.29 is 20.4 Å². The number of nitrogens with one attached hydrogen (secondary N) is 1. The number of nitrogens with zero attached hydrogens (tertiary/aromatic N) is 2. The van der Waals surface area contributed by atoms with Crippen LogP contribution in [0, 0.1) is 6.92 Å². The predicted molar refractivity (Wildman–Crippen MR) is 115 cm³/mol. The molecule has 0 aliphatic rings. The van der Waals surface area contributed by atoms with Crippen LogP contribution >= 0.6 is 11.8 Å². The Morgan fingerprint density at radius 3 is 2.32 bits per heavy atom. The van der Waals surface area contributed by atoms with E-state index in [1.165, 1.54) is 10.5 Å². The number of rotatable bonds is 6. The lowest BCUT2D eigenvalue weighted by Crippen LogP contribution is -2.10. The number of aryl methyl sites for hydroxylation is 1. The van der Waals surface area contributed by atoms with Crippen LogP contribution < -0.4 is 14.8 Å². The molecule has 7 nitrogen and oxygen atoms in total. The highest BCUT2D eigenvalue weighted by atomic mass is 32.2. The van der Waals surface area contributed by atoms with Gasteiger partial charge >= 0.3 is 0 Å². The molecule has 8 heteroatoms. The fraction of sp³-hybridized carbons (Fsp3) is 0.300. The zero-order chi connectivity index (χ0) is 18.7. The Hall–Kier alpha value is -2.55. The quantitative estimate of drug-likeness (QED) is 0.629. The van der Waals surface area contributed by atoms with Gasteiger partial charge in [0, 0.05) is 16.3 Å². The number of anilines is 1. The molecule has 28 heavy (non-hydrogen) atoms. The molecule has 1 aromatic heterocycles. The van der Waals surface area contributed by atoms with Gasteiger partial charge in [0.15, 0.2) is 11.5 Å². The summed E-state index contributed by atoms with van der Waals surface area (Å²) in [5, 5.41) is 4.43. The summed E-state index contributed by atoms with van der Waals surface area (Å²) in [7, 11) is 3.25. The van der Waals surface area contributed by atoms with E-state index in [1.807, 2.05) is 19.1 Å². The van der Waals surface area contributed by atoms with Crippen LogP contribution in [0.15, 0.2) is 41.3 Å². The van der Waals surface area contributed by atoms with Crippen LogP contribution in [0.3, 0.4) is 0 Å². The van der Waals surface area contributed by atoms with Crippen molar-refractivity contribution >= 4 is 28.5 Å². The lowest BCUT2D eigenvalue weighted by molar-refractivity contribution is 0.356. The van der Waals surface area contributed by atoms with Gasteiger partial charge in [-0.15, -0.1) is 11.8 Å². The number of fused-ring (bicyclic) bond motifs is 1. The lowest BCUT2D eigenvalue weighted by Gasteiger charge is -2.18. The average molecular weight is 406 g/mol. The van der Waals surface area contributed by atoms with Gasteiger partial charge in [-0.05, 0) is 43.9 Å².